The third-order valence-corrected chi connectivity index (χ3v) is 4.28. The van der Waals surface area contributed by atoms with Crippen molar-refractivity contribution in [3.63, 3.8) is 0 Å². The maximum atomic E-state index is 10.5. The second-order valence-electron chi connectivity index (χ2n) is 5.74. The second kappa shape index (κ2) is 6.07. The van der Waals surface area contributed by atoms with Gasteiger partial charge in [-0.3, -0.25) is 0 Å². The zero-order chi connectivity index (χ0) is 15.6. The molecule has 0 unspecified atom stereocenters. The molecule has 1 saturated heterocycles. The van der Waals surface area contributed by atoms with Crippen LogP contribution in [0.25, 0.3) is 11.1 Å². The molecule has 1 fully saturated rings. The molecule has 0 radical (unpaired) electrons. The summed E-state index contributed by atoms with van der Waals surface area (Å²) in [5.74, 6) is 1.46. The van der Waals surface area contributed by atoms with E-state index in [0.717, 1.165) is 41.4 Å². The lowest BCUT2D eigenvalue weighted by Crippen LogP contribution is -2.38. The molecule has 0 saturated carbocycles. The number of aliphatic hydroxyl groups excluding tert-OH is 1. The van der Waals surface area contributed by atoms with Crippen molar-refractivity contribution in [3.8, 4) is 16.9 Å². The van der Waals surface area contributed by atoms with E-state index in [0.29, 0.717) is 13.2 Å². The summed E-state index contributed by atoms with van der Waals surface area (Å²) in [5, 5.41) is 10.5. The number of fused-ring (bicyclic) bond motifs is 1. The van der Waals surface area contributed by atoms with Gasteiger partial charge in [0, 0.05) is 30.3 Å². The van der Waals surface area contributed by atoms with Gasteiger partial charge in [-0.1, -0.05) is 48.5 Å². The Morgan fingerprint density at radius 2 is 1.74 bits per heavy atom. The van der Waals surface area contributed by atoms with E-state index in [4.69, 9.17) is 9.47 Å². The van der Waals surface area contributed by atoms with Crippen LogP contribution in [0.2, 0.25) is 0 Å². The maximum absolute atomic E-state index is 10.5. The van der Waals surface area contributed by atoms with Crippen LogP contribution in [0.4, 0.5) is 0 Å². The molecule has 2 aromatic rings. The van der Waals surface area contributed by atoms with Crippen molar-refractivity contribution < 1.29 is 14.6 Å². The summed E-state index contributed by atoms with van der Waals surface area (Å²) < 4.78 is 11.6. The van der Waals surface area contributed by atoms with E-state index in [2.05, 4.69) is 17.0 Å². The van der Waals surface area contributed by atoms with Gasteiger partial charge in [-0.25, -0.2) is 0 Å². The summed E-state index contributed by atoms with van der Waals surface area (Å²) in [6.45, 7) is 2.93. The lowest BCUT2D eigenvalue weighted by molar-refractivity contribution is 0.0311. The molecule has 2 heterocycles. The summed E-state index contributed by atoms with van der Waals surface area (Å²) in [5.41, 5.74) is 2.89. The Balaban J connectivity index is 1.73. The van der Waals surface area contributed by atoms with Gasteiger partial charge < -0.3 is 19.5 Å². The quantitative estimate of drug-likeness (QED) is 0.926. The third kappa shape index (κ3) is 2.71. The van der Waals surface area contributed by atoms with Crippen molar-refractivity contribution in [2.45, 2.75) is 6.10 Å². The van der Waals surface area contributed by atoms with Crippen molar-refractivity contribution in [3.05, 3.63) is 66.1 Å². The van der Waals surface area contributed by atoms with E-state index in [9.17, 15) is 5.11 Å². The number of nitrogens with zero attached hydrogens (tertiary/aromatic N) is 1. The fourth-order valence-corrected chi connectivity index (χ4v) is 3.06. The number of hydrogen-bond acceptors (Lipinski definition) is 4. The highest BCUT2D eigenvalue weighted by molar-refractivity contribution is 5.73. The summed E-state index contributed by atoms with van der Waals surface area (Å²) in [4.78, 5) is 2.12. The van der Waals surface area contributed by atoms with E-state index in [1.165, 1.54) is 0 Å². The Morgan fingerprint density at radius 1 is 0.957 bits per heavy atom. The van der Waals surface area contributed by atoms with Crippen LogP contribution in [-0.4, -0.2) is 36.3 Å². The molecule has 1 atom stereocenters. The molecule has 4 heteroatoms. The number of benzene rings is 2. The minimum atomic E-state index is -0.653. The average molecular weight is 309 g/mol. The zero-order valence-electron chi connectivity index (χ0n) is 12.8. The largest absolute Gasteiger partial charge is 0.440 e. The number of aliphatic hydroxyl groups is 1. The molecule has 2 aliphatic rings. The van der Waals surface area contributed by atoms with Crippen LogP contribution in [0.1, 0.15) is 11.7 Å². The van der Waals surface area contributed by atoms with Crippen LogP contribution in [0.15, 0.2) is 60.5 Å². The minimum Gasteiger partial charge on any atom is -0.440 e. The van der Waals surface area contributed by atoms with E-state index in [-0.39, 0.29) is 0 Å². The van der Waals surface area contributed by atoms with Crippen LogP contribution in [0.3, 0.4) is 0 Å². The second-order valence-corrected chi connectivity index (χ2v) is 5.74. The van der Waals surface area contributed by atoms with Gasteiger partial charge in [0.15, 0.2) is 5.88 Å². The fraction of sp³-hybridized carbons (Fsp3) is 0.263. The smallest absolute Gasteiger partial charge is 0.195 e. The van der Waals surface area contributed by atoms with Crippen LogP contribution in [0, 0.1) is 0 Å². The maximum Gasteiger partial charge on any atom is 0.195 e. The molecule has 0 aromatic heterocycles. The van der Waals surface area contributed by atoms with Crippen LogP contribution < -0.4 is 4.74 Å². The highest BCUT2D eigenvalue weighted by atomic mass is 16.5. The predicted octanol–water partition coefficient (Wildman–Crippen LogP) is 2.95. The highest BCUT2D eigenvalue weighted by Gasteiger charge is 2.26. The zero-order valence-corrected chi connectivity index (χ0v) is 12.8. The number of hydrogen-bond donors (Lipinski definition) is 1. The predicted molar refractivity (Wildman–Crippen MR) is 87.9 cm³/mol. The van der Waals surface area contributed by atoms with Gasteiger partial charge in [-0.2, -0.15) is 0 Å². The number of para-hydroxylation sites is 1. The molecule has 4 rings (SSSR count). The molecule has 23 heavy (non-hydrogen) atoms. The Bertz CT molecular complexity index is 721. The first-order chi connectivity index (χ1) is 11.3. The van der Waals surface area contributed by atoms with Crippen molar-refractivity contribution in [1.82, 2.24) is 4.90 Å². The van der Waals surface area contributed by atoms with Crippen molar-refractivity contribution in [2.75, 3.05) is 26.3 Å². The van der Waals surface area contributed by atoms with Gasteiger partial charge in [0.2, 0.25) is 0 Å². The summed E-state index contributed by atoms with van der Waals surface area (Å²) >= 11 is 0. The van der Waals surface area contributed by atoms with Gasteiger partial charge in [-0.05, 0) is 5.56 Å². The van der Waals surface area contributed by atoms with Crippen molar-refractivity contribution in [2.24, 2.45) is 0 Å². The number of rotatable bonds is 2. The first-order valence-corrected chi connectivity index (χ1v) is 7.92. The van der Waals surface area contributed by atoms with Gasteiger partial charge >= 0.3 is 0 Å². The third-order valence-electron chi connectivity index (χ3n) is 4.28. The Labute approximate surface area is 135 Å². The highest BCUT2D eigenvalue weighted by Crippen LogP contribution is 2.41. The Hall–Kier alpha value is -2.30. The Kier molecular flexibility index (Phi) is 3.77. The summed E-state index contributed by atoms with van der Waals surface area (Å²) in [7, 11) is 0. The van der Waals surface area contributed by atoms with E-state index in [1.807, 2.05) is 36.4 Å². The minimum absolute atomic E-state index is 0.653. The Morgan fingerprint density at radius 3 is 2.52 bits per heavy atom. The molecular weight excluding hydrogens is 290 g/mol. The van der Waals surface area contributed by atoms with Gasteiger partial charge in [-0.15, -0.1) is 0 Å². The SMILES string of the molecule is O[C@H]1C=C(N2CCOCC2)Oc2c(-c3ccccc3)cccc21. The molecular formula is C19H19NO3. The van der Waals surface area contributed by atoms with Crippen LogP contribution in [0.5, 0.6) is 5.75 Å². The van der Waals surface area contributed by atoms with Gasteiger partial charge in [0.25, 0.3) is 0 Å². The molecule has 2 aliphatic heterocycles. The normalized spacial score (nSPS) is 20.5. The number of ether oxygens (including phenoxy) is 2. The van der Waals surface area contributed by atoms with E-state index >= 15 is 0 Å². The molecule has 118 valence electrons. The first-order valence-electron chi connectivity index (χ1n) is 7.92. The molecule has 0 bridgehead atoms. The van der Waals surface area contributed by atoms with Crippen molar-refractivity contribution in [1.29, 1.82) is 0 Å². The topological polar surface area (TPSA) is 41.9 Å². The summed E-state index contributed by atoms with van der Waals surface area (Å²) in [6.07, 6.45) is 1.13. The molecule has 1 N–H and O–H groups in total. The monoisotopic (exact) mass is 309 g/mol. The standard InChI is InChI=1S/C19H19NO3/c21-17-13-18(20-9-11-22-12-10-20)23-19-15(7-4-8-16(17)19)14-5-2-1-3-6-14/h1-8,13,17,21H,9-12H2/t17-/m0/s1. The van der Waals surface area contributed by atoms with Crippen LogP contribution >= 0.6 is 0 Å². The van der Waals surface area contributed by atoms with Crippen LogP contribution in [-0.2, 0) is 4.74 Å². The molecule has 0 spiro atoms. The number of morpholine rings is 1. The molecule has 0 aliphatic carbocycles. The van der Waals surface area contributed by atoms with Gasteiger partial charge in [0.05, 0.1) is 13.2 Å². The summed E-state index contributed by atoms with van der Waals surface area (Å²) in [6, 6.07) is 16.0. The molecule has 0 amide bonds. The van der Waals surface area contributed by atoms with Crippen molar-refractivity contribution >= 4 is 0 Å². The molecule has 2 aromatic carbocycles. The lowest BCUT2D eigenvalue weighted by Gasteiger charge is -2.34. The van der Waals surface area contributed by atoms with E-state index < -0.39 is 6.10 Å². The van der Waals surface area contributed by atoms with E-state index in [1.54, 1.807) is 6.08 Å². The average Bonchev–Trinajstić information content (AvgIpc) is 2.63. The first kappa shape index (κ1) is 14.3. The molecule has 4 nitrogen and oxygen atoms in total. The lowest BCUT2D eigenvalue weighted by atomic mass is 9.97. The van der Waals surface area contributed by atoms with Gasteiger partial charge in [0.1, 0.15) is 11.9 Å². The fourth-order valence-electron chi connectivity index (χ4n) is 3.06.